The van der Waals surface area contributed by atoms with E-state index in [9.17, 15) is 12.8 Å². The predicted octanol–water partition coefficient (Wildman–Crippen LogP) is 3.50. The molecule has 3 aromatic rings. The maximum Gasteiger partial charge on any atom is 0.175 e. The second kappa shape index (κ2) is 6.45. The van der Waals surface area contributed by atoms with Crippen LogP contribution in [0, 0.1) is 5.82 Å². The number of anilines is 1. The van der Waals surface area contributed by atoms with Crippen LogP contribution in [0.3, 0.4) is 0 Å². The fraction of sp³-hybridized carbons (Fsp3) is 0.118. The molecule has 0 aliphatic heterocycles. The molecule has 1 aromatic carbocycles. The van der Waals surface area contributed by atoms with Gasteiger partial charge in [-0.2, -0.15) is 0 Å². The Kier molecular flexibility index (Phi) is 4.35. The molecular weight excluding hydrogens is 331 g/mol. The minimum Gasteiger partial charge on any atom is -0.467 e. The van der Waals surface area contributed by atoms with Crippen molar-refractivity contribution in [3.8, 4) is 11.3 Å². The van der Waals surface area contributed by atoms with Gasteiger partial charge in [0.15, 0.2) is 21.5 Å². The van der Waals surface area contributed by atoms with Crippen molar-refractivity contribution < 1.29 is 17.2 Å². The molecular formula is C17H15FN2O3S. The maximum absolute atomic E-state index is 13.9. The van der Waals surface area contributed by atoms with E-state index < -0.39 is 15.7 Å². The van der Waals surface area contributed by atoms with Crippen LogP contribution in [0.2, 0.25) is 0 Å². The number of hydrogen-bond donors (Lipinski definition) is 1. The van der Waals surface area contributed by atoms with E-state index in [4.69, 9.17) is 4.42 Å². The van der Waals surface area contributed by atoms with E-state index in [1.54, 1.807) is 36.6 Å². The summed E-state index contributed by atoms with van der Waals surface area (Å²) in [6, 6.07) is 12.7. The summed E-state index contributed by atoms with van der Waals surface area (Å²) in [6.45, 7) is 0.313. The van der Waals surface area contributed by atoms with Gasteiger partial charge < -0.3 is 9.73 Å². The highest BCUT2D eigenvalue weighted by Gasteiger charge is 2.10. The SMILES string of the molecule is CS(=O)(=O)c1ccc(-c2ccc(F)c(NCc3ccco3)n2)cc1. The minimum absolute atomic E-state index is 0.107. The third kappa shape index (κ3) is 3.62. The van der Waals surface area contributed by atoms with Crippen LogP contribution in [0.4, 0.5) is 10.2 Å². The molecule has 0 fully saturated rings. The Bertz CT molecular complexity index is 936. The van der Waals surface area contributed by atoms with Gasteiger partial charge in [0, 0.05) is 11.8 Å². The quantitative estimate of drug-likeness (QED) is 0.765. The number of nitrogens with one attached hydrogen (secondary N) is 1. The summed E-state index contributed by atoms with van der Waals surface area (Å²) in [5.41, 5.74) is 1.24. The van der Waals surface area contributed by atoms with Crippen molar-refractivity contribution in [3.05, 3.63) is 66.4 Å². The average molecular weight is 346 g/mol. The molecule has 0 bridgehead atoms. The zero-order valence-corrected chi connectivity index (χ0v) is 13.7. The largest absolute Gasteiger partial charge is 0.467 e. The number of pyridine rings is 1. The molecule has 0 aliphatic carbocycles. The monoisotopic (exact) mass is 346 g/mol. The van der Waals surface area contributed by atoms with Crippen LogP contribution >= 0.6 is 0 Å². The first-order chi connectivity index (χ1) is 11.4. The number of aromatic nitrogens is 1. The molecule has 24 heavy (non-hydrogen) atoms. The summed E-state index contributed by atoms with van der Waals surface area (Å²) in [6.07, 6.45) is 2.69. The Morgan fingerprint density at radius 1 is 1.12 bits per heavy atom. The Balaban J connectivity index is 1.85. The van der Waals surface area contributed by atoms with Crippen molar-refractivity contribution in [2.24, 2.45) is 0 Å². The number of rotatable bonds is 5. The standard InChI is InChI=1S/C17H15FN2O3S/c1-24(21,22)14-6-4-12(5-7-14)16-9-8-15(18)17(20-16)19-11-13-3-2-10-23-13/h2-10H,11H2,1H3,(H,19,20). The molecule has 0 radical (unpaired) electrons. The van der Waals surface area contributed by atoms with Gasteiger partial charge in [-0.3, -0.25) is 0 Å². The molecule has 1 N–H and O–H groups in total. The molecule has 0 spiro atoms. The second-order valence-electron chi connectivity index (χ2n) is 5.26. The summed E-state index contributed by atoms with van der Waals surface area (Å²) < 4.78 is 42.1. The topological polar surface area (TPSA) is 72.2 Å². The Labute approximate surface area is 139 Å². The van der Waals surface area contributed by atoms with Crippen molar-refractivity contribution in [1.82, 2.24) is 4.98 Å². The third-order valence-corrected chi connectivity index (χ3v) is 4.56. The first-order valence-electron chi connectivity index (χ1n) is 7.17. The number of halogens is 1. The van der Waals surface area contributed by atoms with Crippen LogP contribution in [0.1, 0.15) is 5.76 Å². The van der Waals surface area contributed by atoms with E-state index in [0.717, 1.165) is 6.26 Å². The molecule has 2 heterocycles. The van der Waals surface area contributed by atoms with Crippen LogP contribution in [-0.4, -0.2) is 19.7 Å². The van der Waals surface area contributed by atoms with E-state index in [1.165, 1.54) is 18.2 Å². The van der Waals surface area contributed by atoms with Crippen LogP contribution in [0.15, 0.2) is 64.1 Å². The van der Waals surface area contributed by atoms with E-state index >= 15 is 0 Å². The summed E-state index contributed by atoms with van der Waals surface area (Å²) in [5.74, 6) is 0.299. The zero-order valence-electron chi connectivity index (χ0n) is 12.9. The molecule has 124 valence electrons. The molecule has 0 aliphatic rings. The molecule has 2 aromatic heterocycles. The lowest BCUT2D eigenvalue weighted by atomic mass is 10.1. The van der Waals surface area contributed by atoms with Crippen molar-refractivity contribution in [2.75, 3.05) is 11.6 Å². The summed E-state index contributed by atoms with van der Waals surface area (Å²) >= 11 is 0. The average Bonchev–Trinajstić information content (AvgIpc) is 3.07. The molecule has 0 amide bonds. The van der Waals surface area contributed by atoms with Crippen LogP contribution < -0.4 is 5.32 Å². The summed E-state index contributed by atoms with van der Waals surface area (Å²) in [5, 5.41) is 2.89. The molecule has 7 heteroatoms. The smallest absolute Gasteiger partial charge is 0.175 e. The Morgan fingerprint density at radius 2 is 1.88 bits per heavy atom. The highest BCUT2D eigenvalue weighted by molar-refractivity contribution is 7.90. The fourth-order valence-corrected chi connectivity index (χ4v) is 2.81. The molecule has 0 unspecified atom stereocenters. The maximum atomic E-state index is 13.9. The van der Waals surface area contributed by atoms with E-state index in [-0.39, 0.29) is 10.7 Å². The Hall–Kier alpha value is -2.67. The Morgan fingerprint density at radius 3 is 2.50 bits per heavy atom. The van der Waals surface area contributed by atoms with Gasteiger partial charge in [-0.05, 0) is 36.4 Å². The van der Waals surface area contributed by atoms with Crippen molar-refractivity contribution in [1.29, 1.82) is 0 Å². The van der Waals surface area contributed by atoms with Gasteiger partial charge in [0.2, 0.25) is 0 Å². The minimum atomic E-state index is -3.25. The molecule has 0 saturated heterocycles. The van der Waals surface area contributed by atoms with Gasteiger partial charge in [0.05, 0.1) is 23.4 Å². The lowest BCUT2D eigenvalue weighted by molar-refractivity contribution is 0.517. The lowest BCUT2D eigenvalue weighted by Gasteiger charge is -2.08. The highest BCUT2D eigenvalue weighted by Crippen LogP contribution is 2.23. The van der Waals surface area contributed by atoms with Gasteiger partial charge in [0.25, 0.3) is 0 Å². The van der Waals surface area contributed by atoms with Crippen molar-refractivity contribution in [3.63, 3.8) is 0 Å². The van der Waals surface area contributed by atoms with Crippen LogP contribution in [-0.2, 0) is 16.4 Å². The highest BCUT2D eigenvalue weighted by atomic mass is 32.2. The first kappa shape index (κ1) is 16.2. The second-order valence-corrected chi connectivity index (χ2v) is 7.27. The van der Waals surface area contributed by atoms with E-state index in [1.807, 2.05) is 0 Å². The number of benzene rings is 1. The lowest BCUT2D eigenvalue weighted by Crippen LogP contribution is -2.03. The summed E-state index contributed by atoms with van der Waals surface area (Å²) in [7, 11) is -3.25. The fourth-order valence-electron chi connectivity index (χ4n) is 2.18. The van der Waals surface area contributed by atoms with Gasteiger partial charge >= 0.3 is 0 Å². The van der Waals surface area contributed by atoms with Crippen molar-refractivity contribution in [2.45, 2.75) is 11.4 Å². The first-order valence-corrected chi connectivity index (χ1v) is 9.06. The normalized spacial score (nSPS) is 11.4. The van der Waals surface area contributed by atoms with Gasteiger partial charge in [-0.25, -0.2) is 17.8 Å². The molecule has 3 rings (SSSR count). The predicted molar refractivity (Wildman–Crippen MR) is 88.8 cm³/mol. The summed E-state index contributed by atoms with van der Waals surface area (Å²) in [4.78, 5) is 4.48. The number of hydrogen-bond acceptors (Lipinski definition) is 5. The van der Waals surface area contributed by atoms with E-state index in [2.05, 4.69) is 10.3 Å². The van der Waals surface area contributed by atoms with Gasteiger partial charge in [-0.1, -0.05) is 12.1 Å². The molecule has 5 nitrogen and oxygen atoms in total. The number of furan rings is 1. The molecule has 0 atom stereocenters. The van der Waals surface area contributed by atoms with Gasteiger partial charge in [0.1, 0.15) is 5.76 Å². The van der Waals surface area contributed by atoms with Crippen LogP contribution in [0.25, 0.3) is 11.3 Å². The van der Waals surface area contributed by atoms with Crippen molar-refractivity contribution >= 4 is 15.7 Å². The van der Waals surface area contributed by atoms with E-state index in [0.29, 0.717) is 23.6 Å². The number of sulfone groups is 1. The third-order valence-electron chi connectivity index (χ3n) is 3.43. The van der Waals surface area contributed by atoms with Crippen LogP contribution in [0.5, 0.6) is 0 Å². The van der Waals surface area contributed by atoms with Gasteiger partial charge in [-0.15, -0.1) is 0 Å². The zero-order chi connectivity index (χ0) is 17.2. The molecule has 0 saturated carbocycles. The number of nitrogens with zero attached hydrogens (tertiary/aromatic N) is 1.